The minimum absolute atomic E-state index is 0.0468. The highest BCUT2D eigenvalue weighted by molar-refractivity contribution is 7.90. The number of hydrogen-bond acceptors (Lipinski definition) is 5. The smallest absolute Gasteiger partial charge is 0.341 e. The topological polar surface area (TPSA) is 80.7 Å². The quantitative estimate of drug-likeness (QED) is 0.828. The van der Waals surface area contributed by atoms with Gasteiger partial charge in [-0.05, 0) is 29.8 Å². The van der Waals surface area contributed by atoms with Crippen LogP contribution in [0.25, 0.3) is 0 Å². The summed E-state index contributed by atoms with van der Waals surface area (Å²) in [5.74, 6) is -1.47. The summed E-state index contributed by atoms with van der Waals surface area (Å²) < 4.78 is 29.4. The van der Waals surface area contributed by atoms with Crippen LogP contribution in [0.2, 0.25) is 10.0 Å². The van der Waals surface area contributed by atoms with E-state index in [1.807, 2.05) is 0 Å². The van der Waals surface area contributed by atoms with E-state index in [9.17, 15) is 18.3 Å². The lowest BCUT2D eigenvalue weighted by atomic mass is 10.1. The van der Waals surface area contributed by atoms with Crippen molar-refractivity contribution in [3.63, 3.8) is 0 Å². The number of carbonyl (C=O) groups excluding carboxylic acids is 1. The van der Waals surface area contributed by atoms with Crippen molar-refractivity contribution in [2.75, 3.05) is 7.11 Å². The van der Waals surface area contributed by atoms with Crippen molar-refractivity contribution in [3.05, 3.63) is 57.6 Å². The van der Waals surface area contributed by atoms with Gasteiger partial charge in [0.2, 0.25) is 0 Å². The van der Waals surface area contributed by atoms with Gasteiger partial charge >= 0.3 is 5.97 Å². The molecule has 5 nitrogen and oxygen atoms in total. The lowest BCUT2D eigenvalue weighted by Crippen LogP contribution is -2.07. The van der Waals surface area contributed by atoms with E-state index in [0.29, 0.717) is 5.56 Å². The molecule has 2 aromatic carbocycles. The summed E-state index contributed by atoms with van der Waals surface area (Å²) in [5.41, 5.74) is 0.251. The molecule has 122 valence electrons. The van der Waals surface area contributed by atoms with Gasteiger partial charge in [0.15, 0.2) is 9.84 Å². The molecule has 1 N–H and O–H groups in total. The number of sulfone groups is 1. The first-order valence-electron chi connectivity index (χ1n) is 6.33. The Bertz CT molecular complexity index is 862. The Hall–Kier alpha value is -1.76. The molecule has 2 rings (SSSR count). The number of benzene rings is 2. The summed E-state index contributed by atoms with van der Waals surface area (Å²) in [7, 11) is -2.58. The van der Waals surface area contributed by atoms with Gasteiger partial charge in [-0.15, -0.1) is 0 Å². The number of carbonyl (C=O) groups is 1. The van der Waals surface area contributed by atoms with Crippen LogP contribution in [0.4, 0.5) is 0 Å². The Morgan fingerprint density at radius 2 is 1.91 bits per heavy atom. The number of rotatable bonds is 4. The van der Waals surface area contributed by atoms with E-state index < -0.39 is 21.6 Å². The molecule has 0 bridgehead atoms. The van der Waals surface area contributed by atoms with E-state index in [-0.39, 0.29) is 26.3 Å². The van der Waals surface area contributed by atoms with Crippen molar-refractivity contribution >= 4 is 39.0 Å². The zero-order chi connectivity index (χ0) is 17.2. The van der Waals surface area contributed by atoms with Gasteiger partial charge in [-0.2, -0.15) is 0 Å². The highest BCUT2D eigenvalue weighted by Gasteiger charge is 2.21. The van der Waals surface area contributed by atoms with Crippen molar-refractivity contribution in [3.8, 4) is 5.75 Å². The minimum atomic E-state index is -3.77. The summed E-state index contributed by atoms with van der Waals surface area (Å²) in [6.45, 7) is 0. The lowest BCUT2D eigenvalue weighted by molar-refractivity contribution is 0.0597. The van der Waals surface area contributed by atoms with Crippen LogP contribution in [0.3, 0.4) is 0 Å². The third-order valence-electron chi connectivity index (χ3n) is 3.08. The Labute approximate surface area is 143 Å². The average Bonchev–Trinajstić information content (AvgIpc) is 2.48. The van der Waals surface area contributed by atoms with Crippen LogP contribution in [0, 0.1) is 0 Å². The summed E-state index contributed by atoms with van der Waals surface area (Å²) >= 11 is 11.8. The fraction of sp³-hybridized carbons (Fsp3) is 0.133. The zero-order valence-electron chi connectivity index (χ0n) is 11.9. The Kier molecular flexibility index (Phi) is 5.19. The van der Waals surface area contributed by atoms with Crippen LogP contribution >= 0.6 is 23.2 Å². The lowest BCUT2D eigenvalue weighted by Gasteiger charge is -2.09. The van der Waals surface area contributed by atoms with Crippen LogP contribution in [-0.2, 0) is 20.3 Å². The Morgan fingerprint density at radius 3 is 2.52 bits per heavy atom. The first-order chi connectivity index (χ1) is 10.8. The monoisotopic (exact) mass is 374 g/mol. The predicted molar refractivity (Wildman–Crippen MR) is 86.8 cm³/mol. The summed E-state index contributed by atoms with van der Waals surface area (Å²) in [4.78, 5) is 11.3. The fourth-order valence-electron chi connectivity index (χ4n) is 1.97. The molecule has 0 radical (unpaired) electrons. The number of esters is 1. The van der Waals surface area contributed by atoms with Crippen LogP contribution in [0.5, 0.6) is 5.75 Å². The van der Waals surface area contributed by atoms with E-state index in [1.54, 1.807) is 0 Å². The van der Waals surface area contributed by atoms with Crippen molar-refractivity contribution in [2.24, 2.45) is 0 Å². The largest absolute Gasteiger partial charge is 0.507 e. The number of phenols is 1. The number of aromatic hydroxyl groups is 1. The second-order valence-corrected chi connectivity index (χ2v) is 7.40. The average molecular weight is 375 g/mol. The molecule has 0 atom stereocenters. The van der Waals surface area contributed by atoms with Crippen molar-refractivity contribution in [1.29, 1.82) is 0 Å². The van der Waals surface area contributed by atoms with E-state index in [4.69, 9.17) is 23.2 Å². The van der Waals surface area contributed by atoms with E-state index in [1.165, 1.54) is 43.5 Å². The van der Waals surface area contributed by atoms with E-state index in [0.717, 1.165) is 0 Å². The summed E-state index contributed by atoms with van der Waals surface area (Å²) in [5, 5.41) is 9.90. The van der Waals surface area contributed by atoms with Gasteiger partial charge < -0.3 is 9.84 Å². The third-order valence-corrected chi connectivity index (χ3v) is 5.73. The van der Waals surface area contributed by atoms with Gasteiger partial charge in [-0.25, -0.2) is 13.2 Å². The van der Waals surface area contributed by atoms with E-state index >= 15 is 0 Å². The Balaban J connectivity index is 2.36. The van der Waals surface area contributed by atoms with Crippen molar-refractivity contribution in [2.45, 2.75) is 10.6 Å². The van der Waals surface area contributed by atoms with Crippen molar-refractivity contribution in [1.82, 2.24) is 0 Å². The molecular formula is C15H12Cl2O5S. The maximum Gasteiger partial charge on any atom is 0.341 e. The maximum absolute atomic E-state index is 12.4. The van der Waals surface area contributed by atoms with Gasteiger partial charge in [-0.1, -0.05) is 35.3 Å². The van der Waals surface area contributed by atoms with Crippen LogP contribution in [0.1, 0.15) is 15.9 Å². The molecule has 2 aromatic rings. The number of phenolic OH excluding ortho intramolecular Hbond substituents is 1. The van der Waals surface area contributed by atoms with Gasteiger partial charge in [0.05, 0.1) is 27.8 Å². The highest BCUT2D eigenvalue weighted by atomic mass is 35.5. The predicted octanol–water partition coefficient (Wildman–Crippen LogP) is 3.46. The molecule has 0 fully saturated rings. The molecule has 0 unspecified atom stereocenters. The second-order valence-electron chi connectivity index (χ2n) is 4.65. The molecule has 23 heavy (non-hydrogen) atoms. The molecule has 8 heteroatoms. The minimum Gasteiger partial charge on any atom is -0.507 e. The van der Waals surface area contributed by atoms with E-state index in [2.05, 4.69) is 4.74 Å². The normalized spacial score (nSPS) is 11.3. The third kappa shape index (κ3) is 3.77. The first kappa shape index (κ1) is 17.6. The molecule has 0 aromatic heterocycles. The van der Waals surface area contributed by atoms with Crippen molar-refractivity contribution < 1.29 is 23.1 Å². The molecular weight excluding hydrogens is 363 g/mol. The number of ether oxygens (including phenoxy) is 1. The number of halogens is 2. The molecule has 0 aliphatic rings. The van der Waals surface area contributed by atoms with Gasteiger partial charge in [0, 0.05) is 0 Å². The standard InChI is InChI=1S/C15H12Cl2O5S/c1-22-15(19)10-6-5-9(7-12(10)18)8-23(20,21)13-4-2-3-11(16)14(13)17/h2-7,18H,8H2,1H3. The molecule has 0 saturated heterocycles. The Morgan fingerprint density at radius 1 is 1.22 bits per heavy atom. The summed E-state index contributed by atoms with van der Waals surface area (Å²) in [6, 6.07) is 8.24. The van der Waals surface area contributed by atoms with Crippen LogP contribution < -0.4 is 0 Å². The van der Waals surface area contributed by atoms with Crippen LogP contribution in [0.15, 0.2) is 41.3 Å². The number of methoxy groups -OCH3 is 1. The first-order valence-corrected chi connectivity index (χ1v) is 8.74. The molecule has 0 aliphatic heterocycles. The highest BCUT2D eigenvalue weighted by Crippen LogP contribution is 2.31. The summed E-state index contributed by atoms with van der Waals surface area (Å²) in [6.07, 6.45) is 0. The van der Waals surface area contributed by atoms with Gasteiger partial charge in [-0.3, -0.25) is 0 Å². The molecule has 0 heterocycles. The SMILES string of the molecule is COC(=O)c1ccc(CS(=O)(=O)c2cccc(Cl)c2Cl)cc1O. The molecule has 0 aliphatic carbocycles. The molecule has 0 spiro atoms. The fourth-order valence-corrected chi connectivity index (χ4v) is 4.12. The molecule has 0 amide bonds. The second kappa shape index (κ2) is 6.78. The molecule has 0 saturated carbocycles. The maximum atomic E-state index is 12.4. The van der Waals surface area contributed by atoms with Gasteiger partial charge in [0.1, 0.15) is 11.3 Å². The van der Waals surface area contributed by atoms with Gasteiger partial charge in [0.25, 0.3) is 0 Å². The van der Waals surface area contributed by atoms with Crippen LogP contribution in [-0.4, -0.2) is 26.6 Å². The number of hydrogen-bond donors (Lipinski definition) is 1. The zero-order valence-corrected chi connectivity index (χ0v) is 14.2.